The Balaban J connectivity index is 1.51. The second-order valence-corrected chi connectivity index (χ2v) is 8.87. The molecule has 3 aromatic heterocycles. The van der Waals surface area contributed by atoms with Crippen molar-refractivity contribution in [3.05, 3.63) is 72.6 Å². The Labute approximate surface area is 208 Å². The second kappa shape index (κ2) is 11.3. The Hall–Kier alpha value is -3.52. The van der Waals surface area contributed by atoms with Crippen LogP contribution in [0.3, 0.4) is 0 Å². The summed E-state index contributed by atoms with van der Waals surface area (Å²) < 4.78 is 14.7. The molecule has 182 valence electrons. The van der Waals surface area contributed by atoms with Gasteiger partial charge >= 0.3 is 0 Å². The number of carbonyl (C=O) groups is 1. The van der Waals surface area contributed by atoms with Gasteiger partial charge in [0.1, 0.15) is 5.65 Å². The number of carbonyl (C=O) groups excluding carboxylic acids is 1. The molecule has 0 saturated heterocycles. The molecule has 2 N–H and O–H groups in total. The van der Waals surface area contributed by atoms with Gasteiger partial charge in [0.25, 0.3) is 0 Å². The normalized spacial score (nSPS) is 16.0. The van der Waals surface area contributed by atoms with Gasteiger partial charge < -0.3 is 15.2 Å². The van der Waals surface area contributed by atoms with Gasteiger partial charge in [-0.05, 0) is 31.4 Å². The van der Waals surface area contributed by atoms with E-state index in [1.165, 1.54) is 6.20 Å². The van der Waals surface area contributed by atoms with E-state index in [1.807, 2.05) is 18.2 Å². The minimum Gasteiger partial charge on any atom is -0.365 e. The van der Waals surface area contributed by atoms with E-state index in [1.54, 1.807) is 35.6 Å². The molecule has 0 saturated carbocycles. The SMILES string of the molecule is C=CCC(=O)N1C=CC=C[C@@H]1CCC(CCC)Nc1nc(-c2c[nH]c3ncc(Cl)cc23)ncc1F. The number of H-pyrrole nitrogens is 1. The topological polar surface area (TPSA) is 86.8 Å². The zero-order chi connectivity index (χ0) is 24.8. The molecule has 9 heteroatoms. The van der Waals surface area contributed by atoms with E-state index >= 15 is 0 Å². The molecule has 0 spiro atoms. The van der Waals surface area contributed by atoms with Crippen LogP contribution in [0.4, 0.5) is 10.2 Å². The van der Waals surface area contributed by atoms with Crippen LogP contribution in [0.5, 0.6) is 0 Å². The molecule has 1 aliphatic rings. The monoisotopic (exact) mass is 494 g/mol. The van der Waals surface area contributed by atoms with Crippen LogP contribution >= 0.6 is 11.6 Å². The van der Waals surface area contributed by atoms with Crippen molar-refractivity contribution in [2.75, 3.05) is 5.32 Å². The van der Waals surface area contributed by atoms with Gasteiger partial charge in [0.05, 0.1) is 17.3 Å². The maximum absolute atomic E-state index is 14.7. The summed E-state index contributed by atoms with van der Waals surface area (Å²) in [6.45, 7) is 5.75. The Bertz CT molecular complexity index is 1270. The van der Waals surface area contributed by atoms with E-state index in [-0.39, 0.29) is 30.2 Å². The summed E-state index contributed by atoms with van der Waals surface area (Å²) in [4.78, 5) is 30.2. The number of nitrogens with zero attached hydrogens (tertiary/aromatic N) is 4. The minimum absolute atomic E-state index is 0.00501. The van der Waals surface area contributed by atoms with Gasteiger partial charge in [-0.15, -0.1) is 6.58 Å². The quantitative estimate of drug-likeness (QED) is 0.336. The van der Waals surface area contributed by atoms with E-state index < -0.39 is 5.82 Å². The average Bonchev–Trinajstić information content (AvgIpc) is 3.27. The van der Waals surface area contributed by atoms with Crippen molar-refractivity contribution in [3.63, 3.8) is 0 Å². The Morgan fingerprint density at radius 3 is 3.00 bits per heavy atom. The molecule has 0 radical (unpaired) electrons. The molecule has 35 heavy (non-hydrogen) atoms. The molecule has 0 aromatic carbocycles. The number of allylic oxidation sites excluding steroid dienone is 2. The third-order valence-corrected chi connectivity index (χ3v) is 6.13. The van der Waals surface area contributed by atoms with Gasteiger partial charge in [0, 0.05) is 42.0 Å². The van der Waals surface area contributed by atoms with Crippen molar-refractivity contribution in [1.82, 2.24) is 24.8 Å². The summed E-state index contributed by atoms with van der Waals surface area (Å²) in [6.07, 6.45) is 17.2. The number of hydrogen-bond acceptors (Lipinski definition) is 5. The van der Waals surface area contributed by atoms with Gasteiger partial charge in [-0.25, -0.2) is 19.3 Å². The molecule has 0 fully saturated rings. The molecular weight excluding hydrogens is 467 g/mol. The lowest BCUT2D eigenvalue weighted by atomic mass is 10.00. The second-order valence-electron chi connectivity index (χ2n) is 8.44. The van der Waals surface area contributed by atoms with Crippen molar-refractivity contribution in [2.24, 2.45) is 0 Å². The van der Waals surface area contributed by atoms with Crippen LogP contribution in [-0.4, -0.2) is 42.8 Å². The van der Waals surface area contributed by atoms with Gasteiger partial charge in [0.2, 0.25) is 5.91 Å². The first-order valence-corrected chi connectivity index (χ1v) is 12.1. The fraction of sp³-hybridized carbons (Fsp3) is 0.308. The summed E-state index contributed by atoms with van der Waals surface area (Å²) in [5.41, 5.74) is 1.35. The summed E-state index contributed by atoms with van der Waals surface area (Å²) in [5, 5.41) is 4.54. The number of amides is 1. The number of pyridine rings is 1. The average molecular weight is 495 g/mol. The largest absolute Gasteiger partial charge is 0.365 e. The third kappa shape index (κ3) is 5.77. The molecule has 7 nitrogen and oxygen atoms in total. The first-order valence-electron chi connectivity index (χ1n) is 11.7. The number of fused-ring (bicyclic) bond motifs is 1. The summed E-state index contributed by atoms with van der Waals surface area (Å²) in [7, 11) is 0. The van der Waals surface area contributed by atoms with Crippen LogP contribution in [0.15, 0.2) is 61.7 Å². The first kappa shape index (κ1) is 24.6. The Morgan fingerprint density at radius 1 is 1.34 bits per heavy atom. The van der Waals surface area contributed by atoms with Crippen molar-refractivity contribution in [3.8, 4) is 11.4 Å². The highest BCUT2D eigenvalue weighted by Gasteiger charge is 2.22. The molecular formula is C26H28ClFN6O. The highest BCUT2D eigenvalue weighted by molar-refractivity contribution is 6.31. The van der Waals surface area contributed by atoms with E-state index in [2.05, 4.69) is 38.8 Å². The highest BCUT2D eigenvalue weighted by Crippen LogP contribution is 2.29. The predicted octanol–water partition coefficient (Wildman–Crippen LogP) is 6.03. The van der Waals surface area contributed by atoms with Gasteiger partial charge in [-0.1, -0.05) is 43.2 Å². The van der Waals surface area contributed by atoms with Crippen LogP contribution < -0.4 is 5.32 Å². The van der Waals surface area contributed by atoms with E-state index in [0.717, 1.165) is 31.1 Å². The molecule has 1 aliphatic heterocycles. The fourth-order valence-corrected chi connectivity index (χ4v) is 4.39. The predicted molar refractivity (Wildman–Crippen MR) is 137 cm³/mol. The lowest BCUT2D eigenvalue weighted by Gasteiger charge is -2.30. The molecule has 3 aromatic rings. The van der Waals surface area contributed by atoms with Crippen LogP contribution in [-0.2, 0) is 4.79 Å². The lowest BCUT2D eigenvalue weighted by Crippen LogP contribution is -2.36. The van der Waals surface area contributed by atoms with Crippen LogP contribution in [0, 0.1) is 5.82 Å². The standard InChI is InChI=1S/C26H28ClFN6O/c1-3-7-18(10-11-19-9-5-6-12-34(19)23(35)8-4-2)32-26-22(28)16-31-25(33-26)21-15-30-24-20(21)13-17(27)14-29-24/h4-6,9,12-16,18-19H,2-3,7-8,10-11H2,1H3,(H,29,30)(H,31,32,33)/t18?,19-/m1/s1. The number of rotatable bonds is 10. The van der Waals surface area contributed by atoms with Crippen LogP contribution in [0.1, 0.15) is 39.0 Å². The first-order chi connectivity index (χ1) is 17.0. The maximum atomic E-state index is 14.7. The number of aromatic amines is 1. The highest BCUT2D eigenvalue weighted by atomic mass is 35.5. The minimum atomic E-state index is -0.519. The third-order valence-electron chi connectivity index (χ3n) is 5.93. The van der Waals surface area contributed by atoms with Crippen LogP contribution in [0.25, 0.3) is 22.4 Å². The van der Waals surface area contributed by atoms with E-state index in [0.29, 0.717) is 22.1 Å². The molecule has 2 atom stereocenters. The molecule has 1 unspecified atom stereocenters. The van der Waals surface area contributed by atoms with Gasteiger partial charge in [-0.2, -0.15) is 0 Å². The summed E-state index contributed by atoms with van der Waals surface area (Å²) in [6, 6.07) is 1.70. The number of halogens is 2. The van der Waals surface area contributed by atoms with Crippen molar-refractivity contribution in [2.45, 2.75) is 51.1 Å². The number of aromatic nitrogens is 4. The molecule has 1 amide bonds. The summed E-state index contributed by atoms with van der Waals surface area (Å²) >= 11 is 6.11. The van der Waals surface area contributed by atoms with Crippen molar-refractivity contribution < 1.29 is 9.18 Å². The number of hydrogen-bond donors (Lipinski definition) is 2. The Kier molecular flexibility index (Phi) is 7.92. The van der Waals surface area contributed by atoms with Gasteiger partial charge in [-0.3, -0.25) is 4.79 Å². The van der Waals surface area contributed by atoms with Gasteiger partial charge in [0.15, 0.2) is 17.5 Å². The lowest BCUT2D eigenvalue weighted by molar-refractivity contribution is -0.129. The number of anilines is 1. The van der Waals surface area contributed by atoms with Crippen LogP contribution in [0.2, 0.25) is 5.02 Å². The number of nitrogens with one attached hydrogen (secondary N) is 2. The molecule has 0 bridgehead atoms. The summed E-state index contributed by atoms with van der Waals surface area (Å²) in [5.74, 6) is 0.0111. The molecule has 4 rings (SSSR count). The van der Waals surface area contributed by atoms with Crippen molar-refractivity contribution >= 4 is 34.4 Å². The maximum Gasteiger partial charge on any atom is 0.230 e. The molecule has 4 heterocycles. The fourth-order valence-electron chi connectivity index (χ4n) is 4.23. The Morgan fingerprint density at radius 2 is 2.20 bits per heavy atom. The van der Waals surface area contributed by atoms with Crippen molar-refractivity contribution in [1.29, 1.82) is 0 Å². The van der Waals surface area contributed by atoms with E-state index in [4.69, 9.17) is 11.6 Å². The zero-order valence-electron chi connectivity index (χ0n) is 19.5. The molecule has 0 aliphatic carbocycles. The smallest absolute Gasteiger partial charge is 0.230 e. The zero-order valence-corrected chi connectivity index (χ0v) is 20.3. The van der Waals surface area contributed by atoms with E-state index in [9.17, 15) is 9.18 Å².